The van der Waals surface area contributed by atoms with Crippen LogP contribution in [0.1, 0.15) is 0 Å². The van der Waals surface area contributed by atoms with Crippen molar-refractivity contribution in [3.63, 3.8) is 0 Å². The SMILES string of the molecule is O=c1[nH][nH]c(-c2ccncc2)c1-c1ccc(Cl)c(Cl)c1. The van der Waals surface area contributed by atoms with Crippen LogP contribution in [0.2, 0.25) is 10.0 Å². The van der Waals surface area contributed by atoms with Gasteiger partial charge in [-0.05, 0) is 29.8 Å². The molecular formula is C14H9Cl2N3O. The number of benzene rings is 1. The Kier molecular flexibility index (Phi) is 3.34. The molecule has 0 bridgehead atoms. The predicted molar refractivity (Wildman–Crippen MR) is 80.1 cm³/mol. The minimum Gasteiger partial charge on any atom is -0.297 e. The van der Waals surface area contributed by atoms with Crippen LogP contribution in [-0.4, -0.2) is 15.2 Å². The second-order valence-corrected chi connectivity index (χ2v) is 5.01. The van der Waals surface area contributed by atoms with Crippen molar-refractivity contribution in [2.45, 2.75) is 0 Å². The molecule has 0 amide bonds. The average molecular weight is 306 g/mol. The Morgan fingerprint density at radius 1 is 0.900 bits per heavy atom. The van der Waals surface area contributed by atoms with Gasteiger partial charge in [0.1, 0.15) is 0 Å². The van der Waals surface area contributed by atoms with Gasteiger partial charge < -0.3 is 0 Å². The van der Waals surface area contributed by atoms with E-state index in [0.29, 0.717) is 26.9 Å². The summed E-state index contributed by atoms with van der Waals surface area (Å²) in [4.78, 5) is 16.0. The highest BCUT2D eigenvalue weighted by molar-refractivity contribution is 6.42. The third-order valence-corrected chi connectivity index (χ3v) is 3.69. The van der Waals surface area contributed by atoms with Gasteiger partial charge in [0, 0.05) is 18.0 Å². The molecule has 0 saturated heterocycles. The zero-order valence-corrected chi connectivity index (χ0v) is 11.7. The maximum Gasteiger partial charge on any atom is 0.272 e. The third-order valence-electron chi connectivity index (χ3n) is 2.96. The number of nitrogens with zero attached hydrogens (tertiary/aromatic N) is 1. The van der Waals surface area contributed by atoms with Gasteiger partial charge >= 0.3 is 0 Å². The molecule has 0 unspecified atom stereocenters. The summed E-state index contributed by atoms with van der Waals surface area (Å²) in [6, 6.07) is 8.74. The molecule has 100 valence electrons. The van der Waals surface area contributed by atoms with Crippen LogP contribution < -0.4 is 5.56 Å². The normalized spacial score (nSPS) is 10.7. The van der Waals surface area contributed by atoms with Gasteiger partial charge in [-0.25, -0.2) is 0 Å². The summed E-state index contributed by atoms with van der Waals surface area (Å²) in [6.45, 7) is 0. The van der Waals surface area contributed by atoms with Crippen molar-refractivity contribution in [3.05, 3.63) is 63.1 Å². The summed E-state index contributed by atoms with van der Waals surface area (Å²) >= 11 is 11.9. The van der Waals surface area contributed by atoms with E-state index in [0.717, 1.165) is 5.56 Å². The highest BCUT2D eigenvalue weighted by Gasteiger charge is 2.14. The molecule has 0 fully saturated rings. The standard InChI is InChI=1S/C14H9Cl2N3O/c15-10-2-1-9(7-11(10)16)12-13(18-19-14(12)20)8-3-5-17-6-4-8/h1-7H,(H2,18,19,20). The maximum absolute atomic E-state index is 12.0. The number of nitrogens with one attached hydrogen (secondary N) is 2. The maximum atomic E-state index is 12.0. The van der Waals surface area contributed by atoms with Crippen LogP contribution in [0.15, 0.2) is 47.5 Å². The van der Waals surface area contributed by atoms with Crippen LogP contribution in [0.4, 0.5) is 0 Å². The molecule has 0 aliphatic rings. The molecular weight excluding hydrogens is 297 g/mol. The molecule has 0 aliphatic carbocycles. The molecule has 0 aliphatic heterocycles. The van der Waals surface area contributed by atoms with Crippen LogP contribution in [0, 0.1) is 0 Å². The first kappa shape index (κ1) is 13.0. The van der Waals surface area contributed by atoms with E-state index in [1.807, 2.05) is 12.1 Å². The van der Waals surface area contributed by atoms with Crippen LogP contribution in [-0.2, 0) is 0 Å². The molecule has 0 saturated carbocycles. The summed E-state index contributed by atoms with van der Waals surface area (Å²) in [5.41, 5.74) is 2.56. The van der Waals surface area contributed by atoms with Gasteiger partial charge in [0.25, 0.3) is 5.56 Å². The lowest BCUT2D eigenvalue weighted by molar-refractivity contribution is 1.06. The fourth-order valence-electron chi connectivity index (χ4n) is 2.02. The van der Waals surface area contributed by atoms with Gasteiger partial charge in [0.2, 0.25) is 0 Å². The topological polar surface area (TPSA) is 61.5 Å². The van der Waals surface area contributed by atoms with Crippen molar-refractivity contribution in [2.75, 3.05) is 0 Å². The van der Waals surface area contributed by atoms with E-state index in [1.165, 1.54) is 0 Å². The Hall–Kier alpha value is -2.04. The Morgan fingerprint density at radius 3 is 2.35 bits per heavy atom. The van der Waals surface area contributed by atoms with Gasteiger partial charge in [-0.15, -0.1) is 0 Å². The largest absolute Gasteiger partial charge is 0.297 e. The average Bonchev–Trinajstić information content (AvgIpc) is 2.85. The first-order valence-electron chi connectivity index (χ1n) is 5.83. The van der Waals surface area contributed by atoms with E-state index < -0.39 is 0 Å². The fraction of sp³-hybridized carbons (Fsp3) is 0. The number of pyridine rings is 1. The molecule has 3 rings (SSSR count). The van der Waals surface area contributed by atoms with Crippen LogP contribution in [0.3, 0.4) is 0 Å². The van der Waals surface area contributed by atoms with Crippen molar-refractivity contribution < 1.29 is 0 Å². The van der Waals surface area contributed by atoms with Crippen molar-refractivity contribution >= 4 is 23.2 Å². The second-order valence-electron chi connectivity index (χ2n) is 4.19. The number of rotatable bonds is 2. The summed E-state index contributed by atoms with van der Waals surface area (Å²) in [6.07, 6.45) is 3.33. The minimum absolute atomic E-state index is 0.213. The molecule has 2 heterocycles. The Labute approximate surface area is 124 Å². The van der Waals surface area contributed by atoms with E-state index in [-0.39, 0.29) is 5.56 Å². The van der Waals surface area contributed by atoms with E-state index in [9.17, 15) is 4.79 Å². The zero-order valence-electron chi connectivity index (χ0n) is 10.2. The van der Waals surface area contributed by atoms with Crippen molar-refractivity contribution in [1.29, 1.82) is 0 Å². The summed E-state index contributed by atoms with van der Waals surface area (Å²) in [5.74, 6) is 0. The van der Waals surface area contributed by atoms with Crippen molar-refractivity contribution in [1.82, 2.24) is 15.2 Å². The van der Waals surface area contributed by atoms with Gasteiger partial charge in [0.15, 0.2) is 0 Å². The molecule has 20 heavy (non-hydrogen) atoms. The van der Waals surface area contributed by atoms with Crippen LogP contribution in [0.25, 0.3) is 22.4 Å². The first-order valence-corrected chi connectivity index (χ1v) is 6.59. The number of H-pyrrole nitrogens is 2. The lowest BCUT2D eigenvalue weighted by Gasteiger charge is -2.04. The molecule has 6 heteroatoms. The summed E-state index contributed by atoms with van der Waals surface area (Å²) in [5, 5.41) is 6.33. The van der Waals surface area contributed by atoms with Gasteiger partial charge in [0.05, 0.1) is 21.3 Å². The van der Waals surface area contributed by atoms with Crippen molar-refractivity contribution in [2.24, 2.45) is 0 Å². The smallest absolute Gasteiger partial charge is 0.272 e. The van der Waals surface area contributed by atoms with Gasteiger partial charge in [-0.3, -0.25) is 20.0 Å². The third kappa shape index (κ3) is 2.24. The predicted octanol–water partition coefficient (Wildman–Crippen LogP) is 3.74. The van der Waals surface area contributed by atoms with Gasteiger partial charge in [-0.2, -0.15) is 0 Å². The van der Waals surface area contributed by atoms with E-state index >= 15 is 0 Å². The van der Waals surface area contributed by atoms with E-state index in [2.05, 4.69) is 15.2 Å². The molecule has 0 radical (unpaired) electrons. The molecule has 1 aromatic carbocycles. The first-order chi connectivity index (χ1) is 9.66. The zero-order chi connectivity index (χ0) is 14.1. The van der Waals surface area contributed by atoms with Crippen LogP contribution >= 0.6 is 23.2 Å². The Balaban J connectivity index is 2.22. The second kappa shape index (κ2) is 5.15. The molecule has 4 nitrogen and oxygen atoms in total. The molecule has 0 spiro atoms. The van der Waals surface area contributed by atoms with Gasteiger partial charge in [-0.1, -0.05) is 29.3 Å². The molecule has 2 N–H and O–H groups in total. The molecule has 0 atom stereocenters. The highest BCUT2D eigenvalue weighted by Crippen LogP contribution is 2.31. The van der Waals surface area contributed by atoms with E-state index in [4.69, 9.17) is 23.2 Å². The number of aromatic nitrogens is 3. The Bertz CT molecular complexity index is 809. The molecule has 2 aromatic heterocycles. The number of hydrogen-bond donors (Lipinski definition) is 2. The summed E-state index contributed by atoms with van der Waals surface area (Å²) in [7, 11) is 0. The van der Waals surface area contributed by atoms with Crippen LogP contribution in [0.5, 0.6) is 0 Å². The fourth-order valence-corrected chi connectivity index (χ4v) is 2.32. The minimum atomic E-state index is -0.213. The highest BCUT2D eigenvalue weighted by atomic mass is 35.5. The number of hydrogen-bond acceptors (Lipinski definition) is 2. The number of aromatic amines is 2. The lowest BCUT2D eigenvalue weighted by atomic mass is 10.0. The van der Waals surface area contributed by atoms with E-state index in [1.54, 1.807) is 30.6 Å². The quantitative estimate of drug-likeness (QED) is 0.757. The Morgan fingerprint density at radius 2 is 1.65 bits per heavy atom. The monoisotopic (exact) mass is 305 g/mol. The lowest BCUT2D eigenvalue weighted by Crippen LogP contribution is -2.01. The van der Waals surface area contributed by atoms with Crippen molar-refractivity contribution in [3.8, 4) is 22.4 Å². The number of halogens is 2. The molecule has 3 aromatic rings. The summed E-state index contributed by atoms with van der Waals surface area (Å²) < 4.78 is 0.